The summed E-state index contributed by atoms with van der Waals surface area (Å²) in [5, 5.41) is 0. The van der Waals surface area contributed by atoms with Gasteiger partial charge in [0, 0.05) is 0 Å². The third-order valence-electron chi connectivity index (χ3n) is 2.80. The quantitative estimate of drug-likeness (QED) is 0.406. The van der Waals surface area contributed by atoms with Gasteiger partial charge in [0.1, 0.15) is 0 Å². The van der Waals surface area contributed by atoms with Crippen LogP contribution in [-0.2, 0) is 0 Å². The molecule has 0 spiro atoms. The van der Waals surface area contributed by atoms with E-state index in [2.05, 4.69) is 26.8 Å². The summed E-state index contributed by atoms with van der Waals surface area (Å²) in [5.41, 5.74) is 1.22. The lowest BCUT2D eigenvalue weighted by atomic mass is 10.1. The molecule has 0 aromatic heterocycles. The maximum Gasteiger partial charge on any atom is -0.0286 e. The predicted octanol–water partition coefficient (Wildman–Crippen LogP) is 5.69. The van der Waals surface area contributed by atoms with Crippen LogP contribution in [0.3, 0.4) is 0 Å². The van der Waals surface area contributed by atoms with E-state index in [9.17, 15) is 0 Å². The molecule has 15 heavy (non-hydrogen) atoms. The van der Waals surface area contributed by atoms with Crippen molar-refractivity contribution in [2.45, 2.75) is 78.1 Å². The maximum absolute atomic E-state index is 3.88. The maximum atomic E-state index is 3.88. The lowest BCUT2D eigenvalue weighted by Gasteiger charge is -2.00. The van der Waals surface area contributed by atoms with Gasteiger partial charge >= 0.3 is 0 Å². The van der Waals surface area contributed by atoms with Gasteiger partial charge in [0.15, 0.2) is 0 Å². The molecule has 0 aliphatic rings. The van der Waals surface area contributed by atoms with Gasteiger partial charge in [0.25, 0.3) is 0 Å². The van der Waals surface area contributed by atoms with Gasteiger partial charge in [-0.1, -0.05) is 69.9 Å². The van der Waals surface area contributed by atoms with E-state index in [1.807, 2.05) is 0 Å². The van der Waals surface area contributed by atoms with Gasteiger partial charge in [-0.05, 0) is 26.7 Å². The molecule has 0 amide bonds. The molecule has 0 heterocycles. The highest BCUT2D eigenvalue weighted by atomic mass is 14.0. The van der Waals surface area contributed by atoms with Gasteiger partial charge in [0.2, 0.25) is 0 Å². The normalized spacial score (nSPS) is 12.1. The summed E-state index contributed by atoms with van der Waals surface area (Å²) >= 11 is 0. The van der Waals surface area contributed by atoms with Crippen molar-refractivity contribution < 1.29 is 0 Å². The minimum Gasteiger partial charge on any atom is -0.0856 e. The summed E-state index contributed by atoms with van der Waals surface area (Å²) in [7, 11) is 0. The molecule has 1 radical (unpaired) electrons. The van der Waals surface area contributed by atoms with Crippen LogP contribution in [0.5, 0.6) is 0 Å². The average molecular weight is 209 g/mol. The smallest absolute Gasteiger partial charge is 0.0286 e. The van der Waals surface area contributed by atoms with Crippen molar-refractivity contribution in [2.75, 3.05) is 0 Å². The summed E-state index contributed by atoms with van der Waals surface area (Å²) < 4.78 is 0. The van der Waals surface area contributed by atoms with Crippen LogP contribution in [0.15, 0.2) is 11.6 Å². The van der Waals surface area contributed by atoms with Crippen LogP contribution in [0.1, 0.15) is 78.1 Å². The Bertz CT molecular complexity index is 140. The molecule has 0 bridgehead atoms. The zero-order chi connectivity index (χ0) is 11.4. The Morgan fingerprint density at radius 3 is 1.80 bits per heavy atom. The van der Waals surface area contributed by atoms with E-state index in [-0.39, 0.29) is 0 Å². The molecule has 0 aliphatic carbocycles. The lowest BCUT2D eigenvalue weighted by molar-refractivity contribution is 0.566. The topological polar surface area (TPSA) is 0 Å². The number of allylic oxidation sites excluding steroid dienone is 2. The third-order valence-corrected chi connectivity index (χ3v) is 2.80. The molecule has 0 rings (SSSR count). The summed E-state index contributed by atoms with van der Waals surface area (Å²) in [5.74, 6) is 0. The number of rotatable bonds is 10. The molecule has 89 valence electrons. The molecule has 0 fully saturated rings. The van der Waals surface area contributed by atoms with Crippen molar-refractivity contribution in [3.63, 3.8) is 0 Å². The van der Waals surface area contributed by atoms with Crippen LogP contribution in [-0.4, -0.2) is 0 Å². The highest BCUT2D eigenvalue weighted by molar-refractivity contribution is 5.00. The van der Waals surface area contributed by atoms with E-state index in [4.69, 9.17) is 0 Å². The molecule has 0 saturated carbocycles. The molecule has 0 N–H and O–H groups in total. The zero-order valence-corrected chi connectivity index (χ0v) is 10.9. The van der Waals surface area contributed by atoms with Crippen LogP contribution in [0, 0.1) is 6.92 Å². The second kappa shape index (κ2) is 11.8. The highest BCUT2D eigenvalue weighted by Gasteiger charge is 1.91. The first-order chi connectivity index (χ1) is 7.27. The molecular formula is C15H29. The minimum atomic E-state index is 1.22. The fourth-order valence-electron chi connectivity index (χ4n) is 1.80. The Hall–Kier alpha value is -0.260. The predicted molar refractivity (Wildman–Crippen MR) is 71.0 cm³/mol. The van der Waals surface area contributed by atoms with Crippen molar-refractivity contribution in [1.82, 2.24) is 0 Å². The molecule has 0 nitrogen and oxygen atoms in total. The molecule has 0 aliphatic heterocycles. The average Bonchev–Trinajstić information content (AvgIpc) is 2.20. The van der Waals surface area contributed by atoms with Gasteiger partial charge in [-0.15, -0.1) is 0 Å². The Balaban J connectivity index is 2.96. The van der Waals surface area contributed by atoms with E-state index in [1.54, 1.807) is 0 Å². The molecule has 0 unspecified atom stereocenters. The standard InChI is InChI=1S/C15H29/c1-4-5-6-7-8-9-10-11-12-13-14-15(2)3/h14H,2,4-13H2,1,3H3/b15-14-. The summed E-state index contributed by atoms with van der Waals surface area (Å²) in [6, 6.07) is 0. The Kier molecular flexibility index (Phi) is 11.6. The molecule has 0 aromatic carbocycles. The first kappa shape index (κ1) is 14.7. The van der Waals surface area contributed by atoms with Gasteiger partial charge in [-0.3, -0.25) is 0 Å². The largest absolute Gasteiger partial charge is 0.0856 e. The number of unbranched alkanes of at least 4 members (excludes halogenated alkanes) is 9. The Morgan fingerprint density at radius 1 is 0.867 bits per heavy atom. The first-order valence-corrected chi connectivity index (χ1v) is 6.76. The van der Waals surface area contributed by atoms with Crippen LogP contribution in [0.4, 0.5) is 0 Å². The van der Waals surface area contributed by atoms with Crippen molar-refractivity contribution in [2.24, 2.45) is 0 Å². The van der Waals surface area contributed by atoms with Gasteiger partial charge in [-0.2, -0.15) is 0 Å². The molecular weight excluding hydrogens is 180 g/mol. The molecule has 0 heteroatoms. The first-order valence-electron chi connectivity index (χ1n) is 6.76. The molecule has 0 atom stereocenters. The lowest BCUT2D eigenvalue weighted by Crippen LogP contribution is -1.81. The molecule has 0 aromatic rings. The second-order valence-corrected chi connectivity index (χ2v) is 4.67. The van der Waals surface area contributed by atoms with Gasteiger partial charge in [-0.25, -0.2) is 0 Å². The fraction of sp³-hybridized carbons (Fsp3) is 0.800. The van der Waals surface area contributed by atoms with E-state index in [1.165, 1.54) is 69.8 Å². The van der Waals surface area contributed by atoms with Crippen molar-refractivity contribution in [3.8, 4) is 0 Å². The Morgan fingerprint density at radius 2 is 1.33 bits per heavy atom. The fourth-order valence-corrected chi connectivity index (χ4v) is 1.80. The second-order valence-electron chi connectivity index (χ2n) is 4.67. The van der Waals surface area contributed by atoms with E-state index >= 15 is 0 Å². The minimum absolute atomic E-state index is 1.22. The summed E-state index contributed by atoms with van der Waals surface area (Å²) in [6.07, 6.45) is 16.2. The SMILES string of the molecule is [CH2]/C(C)=C/CCCCCCCCCCC. The van der Waals surface area contributed by atoms with Crippen molar-refractivity contribution in [3.05, 3.63) is 18.6 Å². The zero-order valence-electron chi connectivity index (χ0n) is 10.9. The highest BCUT2D eigenvalue weighted by Crippen LogP contribution is 2.10. The van der Waals surface area contributed by atoms with Crippen LogP contribution < -0.4 is 0 Å². The number of hydrogen-bond acceptors (Lipinski definition) is 0. The van der Waals surface area contributed by atoms with E-state index in [0.29, 0.717) is 0 Å². The van der Waals surface area contributed by atoms with Gasteiger partial charge in [0.05, 0.1) is 0 Å². The Labute approximate surface area is 97.2 Å². The van der Waals surface area contributed by atoms with Crippen LogP contribution in [0.25, 0.3) is 0 Å². The van der Waals surface area contributed by atoms with Crippen LogP contribution in [0.2, 0.25) is 0 Å². The molecule has 0 saturated heterocycles. The number of hydrogen-bond donors (Lipinski definition) is 0. The van der Waals surface area contributed by atoms with E-state index in [0.717, 1.165) is 0 Å². The van der Waals surface area contributed by atoms with Crippen LogP contribution >= 0.6 is 0 Å². The van der Waals surface area contributed by atoms with Crippen molar-refractivity contribution >= 4 is 0 Å². The third kappa shape index (κ3) is 13.7. The van der Waals surface area contributed by atoms with Gasteiger partial charge < -0.3 is 0 Å². The monoisotopic (exact) mass is 209 g/mol. The van der Waals surface area contributed by atoms with Crippen molar-refractivity contribution in [1.29, 1.82) is 0 Å². The van der Waals surface area contributed by atoms with E-state index < -0.39 is 0 Å². The summed E-state index contributed by atoms with van der Waals surface area (Å²) in [4.78, 5) is 0. The summed E-state index contributed by atoms with van der Waals surface area (Å²) in [6.45, 7) is 8.23.